The average molecular weight is 343 g/mol. The van der Waals surface area contributed by atoms with Crippen LogP contribution < -0.4 is 0 Å². The highest BCUT2D eigenvalue weighted by molar-refractivity contribution is 8.13. The monoisotopic (exact) mass is 343 g/mol. The molecule has 0 spiro atoms. The minimum absolute atomic E-state index is 0.732. The first-order chi connectivity index (χ1) is 12.4. The van der Waals surface area contributed by atoms with Gasteiger partial charge >= 0.3 is 0 Å². The fourth-order valence-corrected chi connectivity index (χ4v) is 3.56. The first-order valence-corrected chi connectivity index (χ1v) is 9.19. The van der Waals surface area contributed by atoms with E-state index in [9.17, 15) is 0 Å². The van der Waals surface area contributed by atoms with Crippen molar-refractivity contribution in [1.82, 2.24) is 4.98 Å². The van der Waals surface area contributed by atoms with E-state index in [0.717, 1.165) is 45.6 Å². The second-order valence-electron chi connectivity index (χ2n) is 5.71. The number of aliphatic imine (C=N–C) groups is 2. The highest BCUT2D eigenvalue weighted by Crippen LogP contribution is 2.33. The molecule has 4 heteroatoms. The minimum atomic E-state index is 0.732. The summed E-state index contributed by atoms with van der Waals surface area (Å²) in [6, 6.07) is 24.4. The van der Waals surface area contributed by atoms with Gasteiger partial charge < -0.3 is 0 Å². The molecule has 1 aliphatic rings. The molecular formula is C21H17N3S. The zero-order valence-corrected chi connectivity index (χ0v) is 14.5. The van der Waals surface area contributed by atoms with Gasteiger partial charge in [-0.05, 0) is 29.8 Å². The quantitative estimate of drug-likeness (QED) is 0.623. The highest BCUT2D eigenvalue weighted by Gasteiger charge is 2.15. The lowest BCUT2D eigenvalue weighted by Crippen LogP contribution is -2.06. The molecule has 3 aromatic rings. The number of thioether (sulfide) groups is 1. The molecule has 1 aromatic heterocycles. The van der Waals surface area contributed by atoms with E-state index in [0.29, 0.717) is 0 Å². The van der Waals surface area contributed by atoms with E-state index in [4.69, 9.17) is 9.98 Å². The Morgan fingerprint density at radius 1 is 0.760 bits per heavy atom. The molecule has 2 aromatic carbocycles. The topological polar surface area (TPSA) is 37.6 Å². The predicted octanol–water partition coefficient (Wildman–Crippen LogP) is 5.57. The number of hydrogen-bond donors (Lipinski definition) is 0. The van der Waals surface area contributed by atoms with Crippen LogP contribution in [-0.2, 0) is 5.75 Å². The van der Waals surface area contributed by atoms with E-state index in [2.05, 4.69) is 17.1 Å². The molecule has 2 heterocycles. The minimum Gasteiger partial charge on any atom is -0.260 e. The molecule has 4 rings (SSSR count). The highest BCUT2D eigenvalue weighted by atomic mass is 32.2. The van der Waals surface area contributed by atoms with E-state index in [1.807, 2.05) is 66.9 Å². The van der Waals surface area contributed by atoms with Gasteiger partial charge in [0.1, 0.15) is 0 Å². The molecule has 0 N–H and O–H groups in total. The Labute approximate surface area is 151 Å². The zero-order chi connectivity index (χ0) is 16.9. The van der Waals surface area contributed by atoms with Crippen molar-refractivity contribution < 1.29 is 0 Å². The van der Waals surface area contributed by atoms with Crippen molar-refractivity contribution in [2.24, 2.45) is 9.98 Å². The Bertz CT molecular complexity index is 918. The zero-order valence-electron chi connectivity index (χ0n) is 13.7. The summed E-state index contributed by atoms with van der Waals surface area (Å²) >= 11 is 1.73. The third kappa shape index (κ3) is 3.86. The van der Waals surface area contributed by atoms with E-state index in [1.54, 1.807) is 11.8 Å². The maximum Gasteiger partial charge on any atom is 0.0896 e. The van der Waals surface area contributed by atoms with Crippen LogP contribution in [0.4, 0.5) is 11.4 Å². The summed E-state index contributed by atoms with van der Waals surface area (Å²) < 4.78 is 0. The number of rotatable bonds is 3. The SMILES string of the molecule is c1ccc(C2=Nc3ccccc3N=C(SCc3ccccn3)C2)cc1. The average Bonchev–Trinajstić information content (AvgIpc) is 2.87. The van der Waals surface area contributed by atoms with Gasteiger partial charge in [-0.2, -0.15) is 0 Å². The summed E-state index contributed by atoms with van der Waals surface area (Å²) in [5.41, 5.74) is 5.11. The number of nitrogens with zero attached hydrogens (tertiary/aromatic N) is 3. The third-order valence-corrected chi connectivity index (χ3v) is 4.93. The number of fused-ring (bicyclic) bond motifs is 1. The van der Waals surface area contributed by atoms with Crippen LogP contribution in [0.15, 0.2) is 89.0 Å². The molecule has 1 aliphatic heterocycles. The van der Waals surface area contributed by atoms with Crippen LogP contribution in [0.1, 0.15) is 17.7 Å². The fourth-order valence-electron chi connectivity index (χ4n) is 2.68. The number of para-hydroxylation sites is 2. The Balaban J connectivity index is 1.66. The standard InChI is InChI=1S/C21H17N3S/c1-2-8-16(9-3-1)20-14-21(25-15-17-10-6-7-13-22-17)24-19-12-5-4-11-18(19)23-20/h1-13H,14-15H2. The molecule has 0 saturated heterocycles. The van der Waals surface area contributed by atoms with Gasteiger partial charge in [0.15, 0.2) is 0 Å². The summed E-state index contributed by atoms with van der Waals surface area (Å²) in [4.78, 5) is 14.2. The third-order valence-electron chi connectivity index (χ3n) is 3.92. The summed E-state index contributed by atoms with van der Waals surface area (Å²) in [7, 11) is 0. The molecular weight excluding hydrogens is 326 g/mol. The lowest BCUT2D eigenvalue weighted by atomic mass is 10.1. The molecule has 122 valence electrons. The van der Waals surface area contributed by atoms with Gasteiger partial charge in [0.05, 0.1) is 27.8 Å². The molecule has 0 radical (unpaired) electrons. The molecule has 0 amide bonds. The van der Waals surface area contributed by atoms with Crippen LogP contribution in [0.2, 0.25) is 0 Å². The van der Waals surface area contributed by atoms with Crippen molar-refractivity contribution in [1.29, 1.82) is 0 Å². The smallest absolute Gasteiger partial charge is 0.0896 e. The van der Waals surface area contributed by atoms with Crippen molar-refractivity contribution >= 4 is 33.9 Å². The molecule has 25 heavy (non-hydrogen) atoms. The van der Waals surface area contributed by atoms with Crippen molar-refractivity contribution in [3.63, 3.8) is 0 Å². The van der Waals surface area contributed by atoms with Crippen molar-refractivity contribution in [2.45, 2.75) is 12.2 Å². The second-order valence-corrected chi connectivity index (χ2v) is 6.75. The summed E-state index contributed by atoms with van der Waals surface area (Å²) in [6.07, 6.45) is 2.56. The van der Waals surface area contributed by atoms with Crippen molar-refractivity contribution in [3.8, 4) is 0 Å². The van der Waals surface area contributed by atoms with Crippen LogP contribution in [-0.4, -0.2) is 15.7 Å². The number of benzene rings is 2. The lowest BCUT2D eigenvalue weighted by Gasteiger charge is -2.07. The number of hydrogen-bond acceptors (Lipinski definition) is 4. The van der Waals surface area contributed by atoms with Gasteiger partial charge in [0, 0.05) is 18.4 Å². The van der Waals surface area contributed by atoms with E-state index in [1.165, 1.54) is 0 Å². The fraction of sp³-hybridized carbons (Fsp3) is 0.0952. The second kappa shape index (κ2) is 7.45. The van der Waals surface area contributed by atoms with Crippen LogP contribution in [0.3, 0.4) is 0 Å². The maximum absolute atomic E-state index is 4.89. The van der Waals surface area contributed by atoms with Gasteiger partial charge in [-0.1, -0.05) is 48.5 Å². The van der Waals surface area contributed by atoms with E-state index >= 15 is 0 Å². The summed E-state index contributed by atoms with van der Waals surface area (Å²) in [6.45, 7) is 0. The first kappa shape index (κ1) is 15.8. The van der Waals surface area contributed by atoms with E-state index < -0.39 is 0 Å². The van der Waals surface area contributed by atoms with Gasteiger partial charge in [-0.25, -0.2) is 4.99 Å². The Morgan fingerprint density at radius 2 is 1.48 bits per heavy atom. The van der Waals surface area contributed by atoms with Gasteiger partial charge in [-0.3, -0.25) is 9.98 Å². The Hall–Kier alpha value is -2.72. The van der Waals surface area contributed by atoms with Crippen LogP contribution in [0, 0.1) is 0 Å². The van der Waals surface area contributed by atoms with Gasteiger partial charge in [-0.15, -0.1) is 11.8 Å². The summed E-state index contributed by atoms with van der Waals surface area (Å²) in [5.74, 6) is 0.809. The lowest BCUT2D eigenvalue weighted by molar-refractivity contribution is 1.18. The molecule has 0 fully saturated rings. The molecule has 0 atom stereocenters. The largest absolute Gasteiger partial charge is 0.260 e. The molecule has 0 bridgehead atoms. The number of aromatic nitrogens is 1. The van der Waals surface area contributed by atoms with Gasteiger partial charge in [0.2, 0.25) is 0 Å². The number of pyridine rings is 1. The first-order valence-electron chi connectivity index (χ1n) is 8.21. The maximum atomic E-state index is 4.89. The predicted molar refractivity (Wildman–Crippen MR) is 106 cm³/mol. The Morgan fingerprint density at radius 3 is 2.24 bits per heavy atom. The van der Waals surface area contributed by atoms with Crippen LogP contribution >= 0.6 is 11.8 Å². The molecule has 0 aliphatic carbocycles. The van der Waals surface area contributed by atoms with Crippen molar-refractivity contribution in [3.05, 3.63) is 90.3 Å². The van der Waals surface area contributed by atoms with Crippen LogP contribution in [0.25, 0.3) is 0 Å². The van der Waals surface area contributed by atoms with E-state index in [-0.39, 0.29) is 0 Å². The molecule has 0 saturated carbocycles. The van der Waals surface area contributed by atoms with Crippen molar-refractivity contribution in [2.75, 3.05) is 0 Å². The van der Waals surface area contributed by atoms with Gasteiger partial charge in [0.25, 0.3) is 0 Å². The summed E-state index contributed by atoms with van der Waals surface area (Å²) in [5, 5.41) is 1.07. The molecule has 0 unspecified atom stereocenters. The van der Waals surface area contributed by atoms with Crippen LogP contribution in [0.5, 0.6) is 0 Å². The normalized spacial score (nSPS) is 13.4. The molecule has 3 nitrogen and oxygen atoms in total. The Kier molecular flexibility index (Phi) is 4.70.